The fraction of sp³-hybridized carbons (Fsp3) is 0.486. The van der Waals surface area contributed by atoms with Gasteiger partial charge in [-0.25, -0.2) is 13.6 Å². The number of carbonyl (C=O) groups is 1. The maximum absolute atomic E-state index is 16.9. The van der Waals surface area contributed by atoms with E-state index in [2.05, 4.69) is 19.6 Å². The molecule has 0 aliphatic carbocycles. The Hall–Kier alpha value is -4.20. The van der Waals surface area contributed by atoms with Gasteiger partial charge in [0.25, 0.3) is 0 Å². The average molecular weight is 663 g/mol. The maximum atomic E-state index is 16.9. The van der Waals surface area contributed by atoms with E-state index in [0.29, 0.717) is 47.3 Å². The number of aryl methyl sites for hydroxylation is 1. The number of primary amides is 1. The molecule has 5 heterocycles. The van der Waals surface area contributed by atoms with Crippen LogP contribution in [0.25, 0.3) is 32.9 Å². The van der Waals surface area contributed by atoms with Crippen LogP contribution < -0.4 is 15.4 Å². The summed E-state index contributed by atoms with van der Waals surface area (Å²) in [5.74, 6) is -2.99. The van der Waals surface area contributed by atoms with Gasteiger partial charge in [0.2, 0.25) is 0 Å². The number of hydrogen-bond acceptors (Lipinski definition) is 10. The van der Waals surface area contributed by atoms with E-state index in [1.807, 2.05) is 24.0 Å². The molecule has 254 valence electrons. The van der Waals surface area contributed by atoms with Gasteiger partial charge in [0, 0.05) is 24.7 Å². The first kappa shape index (κ1) is 32.4. The van der Waals surface area contributed by atoms with Gasteiger partial charge in [-0.1, -0.05) is 43.3 Å². The van der Waals surface area contributed by atoms with Crippen molar-refractivity contribution < 1.29 is 33.3 Å². The van der Waals surface area contributed by atoms with Crippen LogP contribution >= 0.6 is 0 Å². The molecule has 3 saturated heterocycles. The summed E-state index contributed by atoms with van der Waals surface area (Å²) in [4.78, 5) is 29.4. The zero-order valence-electron chi connectivity index (χ0n) is 26.9. The summed E-state index contributed by atoms with van der Waals surface area (Å²) >= 11 is 0. The summed E-state index contributed by atoms with van der Waals surface area (Å²) in [6.45, 7) is 5.12. The minimum absolute atomic E-state index is 0.0231. The molecule has 4 N–H and O–H groups in total. The molecule has 2 aromatic heterocycles. The minimum Gasteiger partial charge on any atom is -0.461 e. The third-order valence-electron chi connectivity index (χ3n) is 10.1. The summed E-state index contributed by atoms with van der Waals surface area (Å²) in [5.41, 5.74) is 6.07. The van der Waals surface area contributed by atoms with Gasteiger partial charge in [0.1, 0.15) is 29.8 Å². The van der Waals surface area contributed by atoms with Crippen molar-refractivity contribution in [3.63, 3.8) is 0 Å². The second-order valence-corrected chi connectivity index (χ2v) is 13.5. The van der Waals surface area contributed by atoms with E-state index < -0.39 is 24.1 Å². The number of benzene rings is 2. The first-order valence-corrected chi connectivity index (χ1v) is 16.6. The zero-order valence-corrected chi connectivity index (χ0v) is 26.9. The van der Waals surface area contributed by atoms with Crippen molar-refractivity contribution in [3.05, 3.63) is 54.0 Å². The molecule has 3 fully saturated rings. The molecule has 0 saturated carbocycles. The Labute approximate surface area is 276 Å². The molecule has 2 aromatic carbocycles. The highest BCUT2D eigenvalue weighted by Crippen LogP contribution is 2.40. The number of fused-ring (bicyclic) bond motifs is 3. The van der Waals surface area contributed by atoms with Gasteiger partial charge < -0.3 is 30.3 Å². The van der Waals surface area contributed by atoms with Crippen molar-refractivity contribution in [3.8, 4) is 17.3 Å². The summed E-state index contributed by atoms with van der Waals surface area (Å²) in [5, 5.41) is 22.0. The lowest BCUT2D eigenvalue weighted by molar-refractivity contribution is -0.308. The van der Waals surface area contributed by atoms with Crippen LogP contribution in [0, 0.1) is 11.7 Å². The Kier molecular flexibility index (Phi) is 8.55. The van der Waals surface area contributed by atoms with E-state index in [0.717, 1.165) is 44.2 Å². The van der Waals surface area contributed by atoms with E-state index >= 15 is 4.39 Å². The largest absolute Gasteiger partial charge is 0.461 e. The number of aromatic nitrogens is 3. The van der Waals surface area contributed by atoms with E-state index in [9.17, 15) is 19.4 Å². The van der Waals surface area contributed by atoms with Gasteiger partial charge in [-0.15, -0.1) is 0 Å². The lowest BCUT2D eigenvalue weighted by Gasteiger charge is -2.35. The van der Waals surface area contributed by atoms with E-state index in [1.54, 1.807) is 24.3 Å². The van der Waals surface area contributed by atoms with Gasteiger partial charge in [-0.2, -0.15) is 9.97 Å². The van der Waals surface area contributed by atoms with Crippen LogP contribution in [0.4, 0.5) is 19.4 Å². The second-order valence-electron chi connectivity index (χ2n) is 13.5. The smallest absolute Gasteiger partial charge is 0.408 e. The van der Waals surface area contributed by atoms with Gasteiger partial charge >= 0.3 is 18.1 Å². The second kappa shape index (κ2) is 12.7. The molecule has 1 amide bonds. The molecule has 0 bridgehead atoms. The monoisotopic (exact) mass is 662 g/mol. The third-order valence-corrected chi connectivity index (χ3v) is 10.1. The highest BCUT2D eigenvalue weighted by Gasteiger charge is 2.45. The normalized spacial score (nSPS) is 21.1. The molecule has 0 radical (unpaired) electrons. The third kappa shape index (κ3) is 6.22. The first-order chi connectivity index (χ1) is 23.0. The fourth-order valence-corrected chi connectivity index (χ4v) is 7.96. The summed E-state index contributed by atoms with van der Waals surface area (Å²) in [6, 6.07) is 10.9. The quantitative estimate of drug-likeness (QED) is 0.213. The number of rotatable bonds is 9. The number of carbonyl (C=O) groups excluding carboxylic acids is 1. The Morgan fingerprint density at radius 1 is 1.12 bits per heavy atom. The molecular formula is C35H40F2N6O5. The Morgan fingerprint density at radius 3 is 2.60 bits per heavy atom. The molecular weight excluding hydrogens is 622 g/mol. The van der Waals surface area contributed by atoms with Crippen molar-refractivity contribution in [1.29, 1.82) is 0 Å². The van der Waals surface area contributed by atoms with Gasteiger partial charge in [-0.3, -0.25) is 9.88 Å². The lowest BCUT2D eigenvalue weighted by atomic mass is 9.94. The van der Waals surface area contributed by atoms with Crippen LogP contribution in [0.5, 0.6) is 6.01 Å². The average Bonchev–Trinajstić information content (AvgIpc) is 3.62. The van der Waals surface area contributed by atoms with E-state index in [-0.39, 0.29) is 48.1 Å². The molecule has 13 heteroatoms. The number of anilines is 1. The number of alkyl halides is 1. The number of nitrogens with zero attached hydrogens (tertiary/aromatic N) is 5. The number of halogens is 2. The Bertz CT molecular complexity index is 1830. The molecule has 2 atom stereocenters. The predicted molar refractivity (Wildman–Crippen MR) is 176 cm³/mol. The number of ether oxygens (including phenoxy) is 2. The lowest BCUT2D eigenvalue weighted by Crippen LogP contribution is -2.43. The zero-order chi connectivity index (χ0) is 33.6. The minimum atomic E-state index is -2.78. The number of hydrogen-bond donors (Lipinski definition) is 3. The standard InChI is InChI=1S/C35H40F2N6O5/c1-21-16-24(36)19-42(18-21)31-26-17-39-29(28(37)30(26)40-33(41-31)47-20-34-11-4-14-43(34)15-5-12-34)25-9-3-8-22-6-2-7-23(27(22)25)10-13-35(45,46)48-32(38)44/h2-3,6-9,17,21,24,45-46H,4-5,10-16,18-20H2,1H3,(H2,38,44). The number of piperidine rings is 1. The Balaban J connectivity index is 1.31. The highest BCUT2D eigenvalue weighted by atomic mass is 19.1. The van der Waals surface area contributed by atoms with Crippen molar-refractivity contribution in [2.24, 2.45) is 11.7 Å². The number of aliphatic hydroxyl groups is 2. The maximum Gasteiger partial charge on any atom is 0.408 e. The number of nitrogens with two attached hydrogens (primary N) is 1. The predicted octanol–water partition coefficient (Wildman–Crippen LogP) is 4.84. The molecule has 2 unspecified atom stereocenters. The summed E-state index contributed by atoms with van der Waals surface area (Å²) < 4.78 is 42.5. The van der Waals surface area contributed by atoms with Crippen molar-refractivity contribution in [2.45, 2.75) is 69.6 Å². The Morgan fingerprint density at radius 2 is 1.88 bits per heavy atom. The van der Waals surface area contributed by atoms with Crippen molar-refractivity contribution >= 4 is 33.6 Å². The van der Waals surface area contributed by atoms with Crippen molar-refractivity contribution in [2.75, 3.05) is 37.7 Å². The SMILES string of the molecule is CC1CC(F)CN(c2nc(OCC34CCCN3CCC4)nc3c(F)c(-c4cccc5cccc(CCC(O)(O)OC(N)=O)c45)ncc23)C1. The molecule has 3 aliphatic heterocycles. The molecule has 11 nitrogen and oxygen atoms in total. The number of amides is 1. The number of pyridine rings is 1. The molecule has 7 rings (SSSR count). The molecule has 4 aromatic rings. The molecule has 3 aliphatic rings. The topological polar surface area (TPSA) is 147 Å². The molecule has 0 spiro atoms. The van der Waals surface area contributed by atoms with Crippen LogP contribution in [-0.2, 0) is 11.2 Å². The van der Waals surface area contributed by atoms with Crippen molar-refractivity contribution in [1.82, 2.24) is 19.9 Å². The van der Waals surface area contributed by atoms with Crippen LogP contribution in [0.15, 0.2) is 42.6 Å². The van der Waals surface area contributed by atoms with E-state index in [4.69, 9.17) is 15.5 Å². The fourth-order valence-electron chi connectivity index (χ4n) is 7.96. The summed E-state index contributed by atoms with van der Waals surface area (Å²) in [6.07, 6.45) is 3.53. The van der Waals surface area contributed by atoms with Crippen LogP contribution in [-0.4, -0.2) is 86.6 Å². The summed E-state index contributed by atoms with van der Waals surface area (Å²) in [7, 11) is 0. The van der Waals surface area contributed by atoms with Gasteiger partial charge in [0.15, 0.2) is 5.82 Å². The van der Waals surface area contributed by atoms with Gasteiger partial charge in [-0.05, 0) is 73.9 Å². The highest BCUT2D eigenvalue weighted by molar-refractivity contribution is 6.00. The van der Waals surface area contributed by atoms with Crippen LogP contribution in [0.2, 0.25) is 0 Å². The first-order valence-electron chi connectivity index (χ1n) is 16.6. The van der Waals surface area contributed by atoms with Crippen LogP contribution in [0.1, 0.15) is 51.0 Å². The van der Waals surface area contributed by atoms with Gasteiger partial charge in [0.05, 0.1) is 17.5 Å². The van der Waals surface area contributed by atoms with Crippen LogP contribution in [0.3, 0.4) is 0 Å². The van der Waals surface area contributed by atoms with E-state index in [1.165, 1.54) is 6.20 Å². The molecule has 48 heavy (non-hydrogen) atoms.